The predicted molar refractivity (Wildman–Crippen MR) is 104 cm³/mol. The van der Waals surface area contributed by atoms with Gasteiger partial charge in [-0.05, 0) is 53.7 Å². The van der Waals surface area contributed by atoms with E-state index in [1.54, 1.807) is 31.4 Å². The van der Waals surface area contributed by atoms with Crippen molar-refractivity contribution in [1.82, 2.24) is 4.90 Å². The highest BCUT2D eigenvalue weighted by atomic mass is 79.9. The van der Waals surface area contributed by atoms with Crippen molar-refractivity contribution in [2.75, 3.05) is 7.11 Å². The number of hydrogen-bond donors (Lipinski definition) is 0. The van der Waals surface area contributed by atoms with Gasteiger partial charge in [0.15, 0.2) is 0 Å². The van der Waals surface area contributed by atoms with Gasteiger partial charge in [0.05, 0.1) is 18.6 Å². The smallest absolute Gasteiger partial charge is 0.293 e. The molecule has 2 aromatic rings. The van der Waals surface area contributed by atoms with E-state index in [0.717, 1.165) is 21.8 Å². The van der Waals surface area contributed by atoms with Crippen LogP contribution in [0.25, 0.3) is 6.08 Å². The molecule has 128 valence electrons. The van der Waals surface area contributed by atoms with Gasteiger partial charge in [-0.1, -0.05) is 39.7 Å². The fourth-order valence-electron chi connectivity index (χ4n) is 2.37. The van der Waals surface area contributed by atoms with Crippen LogP contribution in [0.3, 0.4) is 0 Å². The molecule has 1 heterocycles. The Hall–Kier alpha value is -1.76. The molecule has 4 nitrogen and oxygen atoms in total. The van der Waals surface area contributed by atoms with Crippen LogP contribution in [0.4, 0.5) is 4.79 Å². The third kappa shape index (κ3) is 4.08. The third-order valence-electron chi connectivity index (χ3n) is 3.61. The van der Waals surface area contributed by atoms with Gasteiger partial charge in [0.2, 0.25) is 0 Å². The van der Waals surface area contributed by atoms with E-state index < -0.39 is 0 Å². The van der Waals surface area contributed by atoms with Crippen molar-refractivity contribution in [3.8, 4) is 5.75 Å². The number of hydrogen-bond acceptors (Lipinski definition) is 4. The van der Waals surface area contributed by atoms with Crippen LogP contribution in [0.15, 0.2) is 51.8 Å². The second-order valence-corrected chi connectivity index (χ2v) is 7.63. The molecule has 0 bridgehead atoms. The van der Waals surface area contributed by atoms with Crippen LogP contribution in [0, 0.1) is 0 Å². The lowest BCUT2D eigenvalue weighted by molar-refractivity contribution is -0.123. The molecule has 0 spiro atoms. The molecule has 1 saturated heterocycles. The molecule has 0 saturated carbocycles. The lowest BCUT2D eigenvalue weighted by Gasteiger charge is -2.12. The first-order chi connectivity index (χ1) is 12.0. The number of nitrogens with zero attached hydrogens (tertiary/aromatic N) is 1. The van der Waals surface area contributed by atoms with E-state index in [2.05, 4.69) is 15.9 Å². The van der Waals surface area contributed by atoms with Gasteiger partial charge in [0, 0.05) is 15.1 Å². The summed E-state index contributed by atoms with van der Waals surface area (Å²) in [6, 6.07) is 12.6. The molecule has 7 heteroatoms. The molecule has 2 aromatic carbocycles. The van der Waals surface area contributed by atoms with Crippen molar-refractivity contribution in [2.45, 2.75) is 6.54 Å². The summed E-state index contributed by atoms with van der Waals surface area (Å²) in [5.74, 6) is 0.268. The number of halogens is 2. The van der Waals surface area contributed by atoms with Crippen molar-refractivity contribution in [3.63, 3.8) is 0 Å². The molecule has 3 rings (SSSR count). The first kappa shape index (κ1) is 18.0. The number of carbonyl (C=O) groups excluding carboxylic acids is 2. The summed E-state index contributed by atoms with van der Waals surface area (Å²) in [4.78, 5) is 26.4. The minimum absolute atomic E-state index is 0.238. The van der Waals surface area contributed by atoms with Gasteiger partial charge < -0.3 is 4.74 Å². The Balaban J connectivity index is 1.86. The summed E-state index contributed by atoms with van der Waals surface area (Å²) >= 11 is 10.3. The van der Waals surface area contributed by atoms with Crippen molar-refractivity contribution in [2.24, 2.45) is 0 Å². The standard InChI is InChI=1S/C18H13BrClNO3S/c1-24-15-7-6-14(20)8-12(15)9-16-17(22)21(18(23)25-16)10-11-2-4-13(19)5-3-11/h2-9H,10H2,1H3/b16-9-. The van der Waals surface area contributed by atoms with Gasteiger partial charge in [-0.15, -0.1) is 0 Å². The topological polar surface area (TPSA) is 46.6 Å². The number of rotatable bonds is 4. The van der Waals surface area contributed by atoms with Crippen LogP contribution in [0.2, 0.25) is 5.02 Å². The average Bonchev–Trinajstić information content (AvgIpc) is 2.84. The zero-order chi connectivity index (χ0) is 18.0. The highest BCUT2D eigenvalue weighted by Gasteiger charge is 2.35. The van der Waals surface area contributed by atoms with Crippen LogP contribution >= 0.6 is 39.3 Å². The first-order valence-electron chi connectivity index (χ1n) is 7.31. The number of thioether (sulfide) groups is 1. The van der Waals surface area contributed by atoms with Crippen LogP contribution in [0.5, 0.6) is 5.75 Å². The highest BCUT2D eigenvalue weighted by molar-refractivity contribution is 9.10. The van der Waals surface area contributed by atoms with Gasteiger partial charge in [-0.3, -0.25) is 14.5 Å². The lowest BCUT2D eigenvalue weighted by atomic mass is 10.1. The molecule has 0 atom stereocenters. The zero-order valence-electron chi connectivity index (χ0n) is 13.2. The maximum atomic E-state index is 12.6. The maximum Gasteiger partial charge on any atom is 0.293 e. The first-order valence-corrected chi connectivity index (χ1v) is 9.30. The van der Waals surface area contributed by atoms with E-state index in [-0.39, 0.29) is 17.7 Å². The Kier molecular flexibility index (Phi) is 5.51. The summed E-state index contributed by atoms with van der Waals surface area (Å²) in [6.45, 7) is 0.238. The molecule has 0 unspecified atom stereocenters. The fraction of sp³-hybridized carbons (Fsp3) is 0.111. The number of imide groups is 1. The Morgan fingerprint density at radius 2 is 1.92 bits per heavy atom. The normalized spacial score (nSPS) is 16.0. The summed E-state index contributed by atoms with van der Waals surface area (Å²) in [6.07, 6.45) is 1.64. The molecule has 1 aliphatic rings. The maximum absolute atomic E-state index is 12.6. The minimum atomic E-state index is -0.319. The SMILES string of the molecule is COc1ccc(Cl)cc1/C=C1\SC(=O)N(Cc2ccc(Br)cc2)C1=O. The van der Waals surface area contributed by atoms with E-state index in [1.165, 1.54) is 4.90 Å². The number of carbonyl (C=O) groups is 2. The Bertz CT molecular complexity index is 867. The molecule has 0 aliphatic carbocycles. The van der Waals surface area contributed by atoms with E-state index in [4.69, 9.17) is 16.3 Å². The molecule has 2 amide bonds. The van der Waals surface area contributed by atoms with Crippen molar-refractivity contribution < 1.29 is 14.3 Å². The van der Waals surface area contributed by atoms with E-state index in [1.807, 2.05) is 24.3 Å². The number of benzene rings is 2. The lowest BCUT2D eigenvalue weighted by Crippen LogP contribution is -2.27. The number of amides is 2. The van der Waals surface area contributed by atoms with Gasteiger partial charge in [0.25, 0.3) is 11.1 Å². The average molecular weight is 439 g/mol. The van der Waals surface area contributed by atoms with Crippen LogP contribution in [-0.4, -0.2) is 23.2 Å². The van der Waals surface area contributed by atoms with Gasteiger partial charge in [0.1, 0.15) is 5.75 Å². The molecule has 1 fully saturated rings. The summed E-state index contributed by atoms with van der Waals surface area (Å²) < 4.78 is 6.22. The molecule has 0 N–H and O–H groups in total. The molecule has 1 aliphatic heterocycles. The second-order valence-electron chi connectivity index (χ2n) is 5.28. The zero-order valence-corrected chi connectivity index (χ0v) is 16.3. The van der Waals surface area contributed by atoms with Crippen LogP contribution < -0.4 is 4.74 Å². The van der Waals surface area contributed by atoms with Gasteiger partial charge in [-0.2, -0.15) is 0 Å². The Labute approximate surface area is 162 Å². The highest BCUT2D eigenvalue weighted by Crippen LogP contribution is 2.35. The fourth-order valence-corrected chi connectivity index (χ4v) is 3.64. The van der Waals surface area contributed by atoms with Crippen LogP contribution in [-0.2, 0) is 11.3 Å². The van der Waals surface area contributed by atoms with Crippen LogP contribution in [0.1, 0.15) is 11.1 Å². The Morgan fingerprint density at radius 3 is 2.60 bits per heavy atom. The van der Waals surface area contributed by atoms with E-state index in [9.17, 15) is 9.59 Å². The summed E-state index contributed by atoms with van der Waals surface area (Å²) in [5, 5.41) is 0.237. The summed E-state index contributed by atoms with van der Waals surface area (Å²) in [5.41, 5.74) is 1.54. The molecule has 0 radical (unpaired) electrons. The van der Waals surface area contributed by atoms with E-state index in [0.29, 0.717) is 21.2 Å². The van der Waals surface area contributed by atoms with Crippen molar-refractivity contribution in [1.29, 1.82) is 0 Å². The van der Waals surface area contributed by atoms with Gasteiger partial charge in [-0.25, -0.2) is 0 Å². The van der Waals surface area contributed by atoms with Crippen molar-refractivity contribution >= 4 is 56.5 Å². The number of methoxy groups -OCH3 is 1. The second kappa shape index (κ2) is 7.64. The molecular formula is C18H13BrClNO3S. The van der Waals surface area contributed by atoms with E-state index >= 15 is 0 Å². The molecule has 0 aromatic heterocycles. The largest absolute Gasteiger partial charge is 0.496 e. The van der Waals surface area contributed by atoms with Gasteiger partial charge >= 0.3 is 0 Å². The monoisotopic (exact) mass is 437 g/mol. The molecule has 25 heavy (non-hydrogen) atoms. The number of ether oxygens (including phenoxy) is 1. The Morgan fingerprint density at radius 1 is 1.20 bits per heavy atom. The molecular weight excluding hydrogens is 426 g/mol. The predicted octanol–water partition coefficient (Wildman–Crippen LogP) is 5.35. The third-order valence-corrected chi connectivity index (χ3v) is 5.28. The quantitative estimate of drug-likeness (QED) is 0.604. The summed E-state index contributed by atoms with van der Waals surface area (Å²) in [7, 11) is 1.54. The minimum Gasteiger partial charge on any atom is -0.496 e. The van der Waals surface area contributed by atoms with Crippen molar-refractivity contribution in [3.05, 3.63) is 68.0 Å².